The van der Waals surface area contributed by atoms with E-state index in [0.717, 1.165) is 68.7 Å². The van der Waals surface area contributed by atoms with Crippen LogP contribution in [0.1, 0.15) is 48.8 Å². The number of nitrogens with zero attached hydrogens (tertiary/aromatic N) is 4. The summed E-state index contributed by atoms with van der Waals surface area (Å²) in [5.74, 6) is -0.146. The van der Waals surface area contributed by atoms with Gasteiger partial charge in [0.1, 0.15) is 0 Å². The second kappa shape index (κ2) is 9.23. The molecule has 3 aliphatic heterocycles. The van der Waals surface area contributed by atoms with Gasteiger partial charge >= 0.3 is 0 Å². The molecule has 0 radical (unpaired) electrons. The third-order valence-electron chi connectivity index (χ3n) is 7.36. The van der Waals surface area contributed by atoms with Gasteiger partial charge in [-0.05, 0) is 49.9 Å². The van der Waals surface area contributed by atoms with Crippen molar-refractivity contribution < 1.29 is 14.4 Å². The van der Waals surface area contributed by atoms with Crippen molar-refractivity contribution in [3.05, 3.63) is 29.5 Å². The maximum Gasteiger partial charge on any atom is 0.236 e. The van der Waals surface area contributed by atoms with Gasteiger partial charge < -0.3 is 10.2 Å². The van der Waals surface area contributed by atoms with Gasteiger partial charge in [0, 0.05) is 45.0 Å². The molecule has 33 heavy (non-hydrogen) atoms. The van der Waals surface area contributed by atoms with Crippen LogP contribution >= 0.6 is 0 Å². The van der Waals surface area contributed by atoms with Crippen molar-refractivity contribution in [3.8, 4) is 0 Å². The Morgan fingerprint density at radius 2 is 1.85 bits per heavy atom. The molecule has 3 saturated heterocycles. The molecule has 9 nitrogen and oxygen atoms in total. The van der Waals surface area contributed by atoms with Crippen molar-refractivity contribution in [2.75, 3.05) is 45.8 Å². The number of amides is 3. The Bertz CT molecular complexity index is 1070. The van der Waals surface area contributed by atoms with E-state index < -0.39 is 0 Å². The maximum absolute atomic E-state index is 12.6. The lowest BCUT2D eigenvalue weighted by molar-refractivity contribution is -0.135. The molecule has 4 heterocycles. The number of fused-ring (bicyclic) bond motifs is 1. The van der Waals surface area contributed by atoms with E-state index in [1.165, 1.54) is 5.56 Å². The molecule has 9 heteroatoms. The Balaban J connectivity index is 1.25. The van der Waals surface area contributed by atoms with Crippen molar-refractivity contribution in [3.63, 3.8) is 0 Å². The average molecular weight is 453 g/mol. The molecule has 3 amide bonds. The fourth-order valence-corrected chi connectivity index (χ4v) is 5.40. The van der Waals surface area contributed by atoms with E-state index in [9.17, 15) is 14.4 Å². The van der Waals surface area contributed by atoms with Crippen LogP contribution < -0.4 is 10.6 Å². The first-order chi connectivity index (χ1) is 16.0. The molecule has 176 valence electrons. The minimum Gasteiger partial charge on any atom is -0.339 e. The van der Waals surface area contributed by atoms with E-state index in [1.54, 1.807) is 0 Å². The SMILES string of the molecule is Cn1nc(C2CCC(=O)NC2=O)c2ccc(C3CCN(CC(=O)N4CCNCC4)CC3)cc21. The quantitative estimate of drug-likeness (QED) is 0.663. The highest BCUT2D eigenvalue weighted by Crippen LogP contribution is 2.34. The van der Waals surface area contributed by atoms with Gasteiger partial charge in [0.2, 0.25) is 17.7 Å². The molecule has 1 atom stereocenters. The number of hydrogen-bond acceptors (Lipinski definition) is 6. The van der Waals surface area contributed by atoms with Crippen LogP contribution in [0.3, 0.4) is 0 Å². The van der Waals surface area contributed by atoms with Crippen LogP contribution in [0.25, 0.3) is 10.9 Å². The molecule has 3 fully saturated rings. The topological polar surface area (TPSA) is 99.6 Å². The molecule has 1 aromatic heterocycles. The Morgan fingerprint density at radius 3 is 2.58 bits per heavy atom. The van der Waals surface area contributed by atoms with Gasteiger partial charge in [-0.1, -0.05) is 12.1 Å². The molecule has 2 aromatic rings. The van der Waals surface area contributed by atoms with Gasteiger partial charge in [-0.2, -0.15) is 5.10 Å². The van der Waals surface area contributed by atoms with Crippen LogP contribution in [0.4, 0.5) is 0 Å². The lowest BCUT2D eigenvalue weighted by Gasteiger charge is -2.34. The second-order valence-corrected chi connectivity index (χ2v) is 9.47. The van der Waals surface area contributed by atoms with Crippen LogP contribution in [-0.4, -0.2) is 83.1 Å². The third-order valence-corrected chi connectivity index (χ3v) is 7.36. The number of carbonyl (C=O) groups is 3. The summed E-state index contributed by atoms with van der Waals surface area (Å²) < 4.78 is 1.85. The monoisotopic (exact) mass is 452 g/mol. The van der Waals surface area contributed by atoms with E-state index >= 15 is 0 Å². The zero-order valence-electron chi connectivity index (χ0n) is 19.2. The summed E-state index contributed by atoms with van der Waals surface area (Å²) in [6, 6.07) is 6.44. The molecule has 0 spiro atoms. The number of aromatic nitrogens is 2. The molecule has 0 bridgehead atoms. The number of nitrogens with one attached hydrogen (secondary N) is 2. The Morgan fingerprint density at radius 1 is 1.09 bits per heavy atom. The summed E-state index contributed by atoms with van der Waals surface area (Å²) in [5, 5.41) is 11.4. The highest BCUT2D eigenvalue weighted by molar-refractivity contribution is 6.02. The lowest BCUT2D eigenvalue weighted by Crippen LogP contribution is -2.50. The van der Waals surface area contributed by atoms with Crippen LogP contribution in [0.2, 0.25) is 0 Å². The number of piperidine rings is 2. The van der Waals surface area contributed by atoms with Gasteiger partial charge in [0.15, 0.2) is 0 Å². The molecule has 3 aliphatic rings. The zero-order valence-corrected chi connectivity index (χ0v) is 19.2. The maximum atomic E-state index is 12.6. The molecule has 5 rings (SSSR count). The predicted octanol–water partition coefficient (Wildman–Crippen LogP) is 0.705. The first-order valence-corrected chi connectivity index (χ1v) is 12.0. The minimum atomic E-state index is -0.381. The summed E-state index contributed by atoms with van der Waals surface area (Å²) in [5.41, 5.74) is 3.06. The van der Waals surface area contributed by atoms with Gasteiger partial charge in [0.05, 0.1) is 23.7 Å². The summed E-state index contributed by atoms with van der Waals surface area (Å²) >= 11 is 0. The molecule has 0 aliphatic carbocycles. The third kappa shape index (κ3) is 4.52. The minimum absolute atomic E-state index is 0.209. The van der Waals surface area contributed by atoms with Crippen molar-refractivity contribution in [2.45, 2.75) is 37.5 Å². The van der Waals surface area contributed by atoms with E-state index in [0.29, 0.717) is 25.3 Å². The summed E-state index contributed by atoms with van der Waals surface area (Å²) in [6.07, 6.45) is 2.91. The zero-order chi connectivity index (χ0) is 22.9. The standard InChI is InChI=1S/C24H32N6O3/c1-28-20-14-17(2-3-18(20)23(27-28)19-4-5-21(31)26-24(19)33)16-6-10-29(11-7-16)15-22(32)30-12-8-25-9-13-30/h2-3,14,16,19,25H,4-13,15H2,1H3,(H,26,31,33). The second-order valence-electron chi connectivity index (χ2n) is 9.47. The smallest absolute Gasteiger partial charge is 0.236 e. The van der Waals surface area contributed by atoms with Crippen molar-refractivity contribution in [1.82, 2.24) is 30.2 Å². The molecule has 0 saturated carbocycles. The molecule has 1 unspecified atom stereocenters. The number of rotatable bonds is 4. The number of aryl methyl sites for hydroxylation is 1. The molecule has 1 aromatic carbocycles. The number of piperazine rings is 1. The van der Waals surface area contributed by atoms with Crippen molar-refractivity contribution >= 4 is 28.6 Å². The van der Waals surface area contributed by atoms with Gasteiger partial charge in [0.25, 0.3) is 0 Å². The summed E-state index contributed by atoms with van der Waals surface area (Å²) in [7, 11) is 1.91. The Labute approximate surface area is 193 Å². The first kappa shape index (κ1) is 22.0. The van der Waals surface area contributed by atoms with Gasteiger partial charge in [-0.25, -0.2) is 0 Å². The highest BCUT2D eigenvalue weighted by Gasteiger charge is 2.32. The number of carbonyl (C=O) groups excluding carboxylic acids is 3. The van der Waals surface area contributed by atoms with E-state index in [2.05, 4.69) is 38.8 Å². The number of likely N-dealkylation sites (tertiary alicyclic amines) is 1. The van der Waals surface area contributed by atoms with E-state index in [-0.39, 0.29) is 23.6 Å². The molecular weight excluding hydrogens is 420 g/mol. The molecular formula is C24H32N6O3. The largest absolute Gasteiger partial charge is 0.339 e. The average Bonchev–Trinajstić information content (AvgIpc) is 3.15. The fourth-order valence-electron chi connectivity index (χ4n) is 5.40. The van der Waals surface area contributed by atoms with Crippen LogP contribution in [0.5, 0.6) is 0 Å². The van der Waals surface area contributed by atoms with Crippen LogP contribution in [0.15, 0.2) is 18.2 Å². The number of hydrogen-bond donors (Lipinski definition) is 2. The Kier molecular flexibility index (Phi) is 6.16. The normalized spacial score (nSPS) is 23.2. The summed E-state index contributed by atoms with van der Waals surface area (Å²) in [6.45, 7) is 5.75. The summed E-state index contributed by atoms with van der Waals surface area (Å²) in [4.78, 5) is 40.7. The fraction of sp³-hybridized carbons (Fsp3) is 0.583. The number of benzene rings is 1. The van der Waals surface area contributed by atoms with E-state index in [1.807, 2.05) is 16.6 Å². The number of imide groups is 1. The highest BCUT2D eigenvalue weighted by atomic mass is 16.2. The predicted molar refractivity (Wildman–Crippen MR) is 124 cm³/mol. The first-order valence-electron chi connectivity index (χ1n) is 12.0. The van der Waals surface area contributed by atoms with Crippen LogP contribution in [-0.2, 0) is 21.4 Å². The lowest BCUT2D eigenvalue weighted by atomic mass is 9.88. The van der Waals surface area contributed by atoms with Crippen molar-refractivity contribution in [2.24, 2.45) is 7.05 Å². The Hall–Kier alpha value is -2.78. The van der Waals surface area contributed by atoms with Crippen molar-refractivity contribution in [1.29, 1.82) is 0 Å². The van der Waals surface area contributed by atoms with E-state index in [4.69, 9.17) is 0 Å². The van der Waals surface area contributed by atoms with Gasteiger partial charge in [-0.3, -0.25) is 29.3 Å². The van der Waals surface area contributed by atoms with Crippen LogP contribution in [0, 0.1) is 0 Å². The molecule has 2 N–H and O–H groups in total. The van der Waals surface area contributed by atoms with Gasteiger partial charge in [-0.15, -0.1) is 0 Å².